The third-order valence-corrected chi connectivity index (χ3v) is 4.67. The zero-order valence-electron chi connectivity index (χ0n) is 19.3. The monoisotopic (exact) mass is 438 g/mol. The number of carbonyl (C=O) groups excluding carboxylic acids is 1. The van der Waals surface area contributed by atoms with Gasteiger partial charge in [-0.1, -0.05) is 30.3 Å². The molecule has 0 radical (unpaired) electrons. The van der Waals surface area contributed by atoms with Gasteiger partial charge in [-0.2, -0.15) is 0 Å². The Morgan fingerprint density at radius 1 is 1.00 bits per heavy atom. The van der Waals surface area contributed by atoms with Crippen molar-refractivity contribution in [3.8, 4) is 17.1 Å². The highest BCUT2D eigenvalue weighted by Gasteiger charge is 2.19. The number of benzene rings is 2. The van der Waals surface area contributed by atoms with Crippen LogP contribution < -0.4 is 4.74 Å². The first-order valence-electron chi connectivity index (χ1n) is 10.6. The molecule has 0 spiro atoms. The highest BCUT2D eigenvalue weighted by molar-refractivity contribution is 5.94. The minimum absolute atomic E-state index is 0.289. The van der Waals surface area contributed by atoms with Crippen molar-refractivity contribution in [1.29, 1.82) is 0 Å². The lowest BCUT2D eigenvalue weighted by molar-refractivity contribution is -0.185. The summed E-state index contributed by atoms with van der Waals surface area (Å²) in [5.74, 6) is -0.0100. The number of rotatable bonds is 9. The second-order valence-corrected chi connectivity index (χ2v) is 8.32. The second kappa shape index (κ2) is 10.5. The predicted octanol–water partition coefficient (Wildman–Crippen LogP) is 5.03. The zero-order valence-corrected chi connectivity index (χ0v) is 19.3. The van der Waals surface area contributed by atoms with E-state index < -0.39 is 5.97 Å². The van der Waals surface area contributed by atoms with Gasteiger partial charge < -0.3 is 18.9 Å². The van der Waals surface area contributed by atoms with Crippen molar-refractivity contribution in [1.82, 2.24) is 9.97 Å². The van der Waals surface area contributed by atoms with E-state index in [0.29, 0.717) is 47.6 Å². The molecule has 32 heavy (non-hydrogen) atoms. The zero-order chi connectivity index (χ0) is 23.1. The number of carbonyl (C=O) groups is 1. The van der Waals surface area contributed by atoms with Crippen LogP contribution in [0.5, 0.6) is 5.88 Å². The van der Waals surface area contributed by atoms with Gasteiger partial charge in [0.05, 0.1) is 35.9 Å². The second-order valence-electron chi connectivity index (χ2n) is 8.32. The standard InChI is InChI=1S/C25H30N2O5/c1-25(2,3)32-21(29-4)12-9-15-31-23-22(17-10-7-6-8-11-17)26-19-14-13-18(24(28)30-5)16-20(19)27-23/h6-8,10-11,13-14,16,21H,9,12,15H2,1-5H3. The Hall–Kier alpha value is -3.03. The first-order valence-corrected chi connectivity index (χ1v) is 10.6. The molecule has 3 aromatic rings. The van der Waals surface area contributed by atoms with E-state index in [-0.39, 0.29) is 11.9 Å². The lowest BCUT2D eigenvalue weighted by Gasteiger charge is -2.26. The van der Waals surface area contributed by atoms with Crippen molar-refractivity contribution < 1.29 is 23.7 Å². The van der Waals surface area contributed by atoms with E-state index in [4.69, 9.17) is 23.9 Å². The highest BCUT2D eigenvalue weighted by atomic mass is 16.7. The number of hydrogen-bond acceptors (Lipinski definition) is 7. The maximum absolute atomic E-state index is 11.9. The van der Waals surface area contributed by atoms with Crippen LogP contribution in [0.25, 0.3) is 22.3 Å². The first-order chi connectivity index (χ1) is 15.3. The molecule has 1 atom stereocenters. The molecule has 0 aliphatic rings. The van der Waals surface area contributed by atoms with E-state index in [1.165, 1.54) is 7.11 Å². The summed E-state index contributed by atoms with van der Waals surface area (Å²) in [6, 6.07) is 14.9. The van der Waals surface area contributed by atoms with Crippen molar-refractivity contribution in [2.24, 2.45) is 0 Å². The molecule has 0 aliphatic heterocycles. The first kappa shape index (κ1) is 23.6. The number of fused-ring (bicyclic) bond motifs is 1. The Morgan fingerprint density at radius 2 is 1.75 bits per heavy atom. The molecular weight excluding hydrogens is 408 g/mol. The summed E-state index contributed by atoms with van der Waals surface area (Å²) in [6.07, 6.45) is 1.09. The molecular formula is C25H30N2O5. The average Bonchev–Trinajstić information content (AvgIpc) is 2.79. The molecule has 0 saturated carbocycles. The van der Waals surface area contributed by atoms with Crippen LogP contribution in [0.1, 0.15) is 44.0 Å². The summed E-state index contributed by atoms with van der Waals surface area (Å²) in [6.45, 7) is 6.41. The van der Waals surface area contributed by atoms with Gasteiger partial charge in [-0.25, -0.2) is 14.8 Å². The van der Waals surface area contributed by atoms with Crippen LogP contribution in [0.15, 0.2) is 48.5 Å². The number of ether oxygens (including phenoxy) is 4. The maximum Gasteiger partial charge on any atom is 0.337 e. The van der Waals surface area contributed by atoms with Gasteiger partial charge in [0.1, 0.15) is 5.69 Å². The van der Waals surface area contributed by atoms with Gasteiger partial charge in [0, 0.05) is 19.1 Å². The number of hydrogen-bond donors (Lipinski definition) is 0. The van der Waals surface area contributed by atoms with Crippen molar-refractivity contribution in [3.63, 3.8) is 0 Å². The quantitative estimate of drug-likeness (QED) is 0.263. The molecule has 3 rings (SSSR count). The summed E-state index contributed by atoms with van der Waals surface area (Å²) >= 11 is 0. The molecule has 7 nitrogen and oxygen atoms in total. The molecule has 7 heteroatoms. The fourth-order valence-corrected chi connectivity index (χ4v) is 3.21. The van der Waals surface area contributed by atoms with Gasteiger partial charge in [-0.05, 0) is 45.4 Å². The summed E-state index contributed by atoms with van der Waals surface area (Å²) in [5, 5.41) is 0. The Kier molecular flexibility index (Phi) is 7.77. The van der Waals surface area contributed by atoms with E-state index in [1.807, 2.05) is 51.1 Å². The molecule has 0 amide bonds. The topological polar surface area (TPSA) is 79.8 Å². The molecule has 1 heterocycles. The molecule has 0 N–H and O–H groups in total. The molecule has 2 aromatic carbocycles. The number of esters is 1. The molecule has 1 unspecified atom stereocenters. The summed E-state index contributed by atoms with van der Waals surface area (Å²) in [5.41, 5.74) is 2.91. The van der Waals surface area contributed by atoms with Gasteiger partial charge in [0.15, 0.2) is 6.29 Å². The lowest BCUT2D eigenvalue weighted by Crippen LogP contribution is -2.29. The fourth-order valence-electron chi connectivity index (χ4n) is 3.21. The van der Waals surface area contributed by atoms with Crippen LogP contribution in [-0.4, -0.2) is 48.7 Å². The fraction of sp³-hybridized carbons (Fsp3) is 0.400. The van der Waals surface area contributed by atoms with Crippen LogP contribution in [0.2, 0.25) is 0 Å². The molecule has 0 bridgehead atoms. The van der Waals surface area contributed by atoms with Crippen molar-refractivity contribution in [2.45, 2.75) is 45.5 Å². The highest BCUT2D eigenvalue weighted by Crippen LogP contribution is 2.29. The van der Waals surface area contributed by atoms with E-state index >= 15 is 0 Å². The van der Waals surface area contributed by atoms with Crippen LogP contribution in [0.4, 0.5) is 0 Å². The van der Waals surface area contributed by atoms with Crippen molar-refractivity contribution >= 4 is 17.0 Å². The largest absolute Gasteiger partial charge is 0.476 e. The van der Waals surface area contributed by atoms with E-state index in [9.17, 15) is 4.79 Å². The van der Waals surface area contributed by atoms with Gasteiger partial charge in [-0.15, -0.1) is 0 Å². The minimum Gasteiger partial charge on any atom is -0.476 e. The van der Waals surface area contributed by atoms with Gasteiger partial charge in [0.25, 0.3) is 0 Å². The van der Waals surface area contributed by atoms with Gasteiger partial charge in [-0.3, -0.25) is 0 Å². The number of aromatic nitrogens is 2. The van der Waals surface area contributed by atoms with E-state index in [1.54, 1.807) is 25.3 Å². The smallest absolute Gasteiger partial charge is 0.337 e. The van der Waals surface area contributed by atoms with Crippen LogP contribution >= 0.6 is 0 Å². The molecule has 170 valence electrons. The van der Waals surface area contributed by atoms with E-state index in [2.05, 4.69) is 4.98 Å². The third kappa shape index (κ3) is 6.24. The third-order valence-electron chi connectivity index (χ3n) is 4.67. The molecule has 0 fully saturated rings. The summed E-state index contributed by atoms with van der Waals surface area (Å²) < 4.78 is 22.2. The lowest BCUT2D eigenvalue weighted by atomic mass is 10.1. The SMILES string of the molecule is COC(=O)c1ccc2nc(-c3ccccc3)c(OCCCC(OC)OC(C)(C)C)nc2c1. The van der Waals surface area contributed by atoms with Crippen LogP contribution in [0.3, 0.4) is 0 Å². The maximum atomic E-state index is 11.9. The van der Waals surface area contributed by atoms with Gasteiger partial charge >= 0.3 is 5.97 Å². The number of methoxy groups -OCH3 is 2. The average molecular weight is 439 g/mol. The van der Waals surface area contributed by atoms with Crippen LogP contribution in [0, 0.1) is 0 Å². The molecule has 0 aliphatic carbocycles. The minimum atomic E-state index is -0.423. The molecule has 1 aromatic heterocycles. The Bertz CT molecular complexity index is 1050. The van der Waals surface area contributed by atoms with Crippen LogP contribution in [-0.2, 0) is 14.2 Å². The van der Waals surface area contributed by atoms with Gasteiger partial charge in [0.2, 0.25) is 5.88 Å². The van der Waals surface area contributed by atoms with Crippen molar-refractivity contribution in [2.75, 3.05) is 20.8 Å². The van der Waals surface area contributed by atoms with Crippen molar-refractivity contribution in [3.05, 3.63) is 54.1 Å². The summed E-state index contributed by atoms with van der Waals surface area (Å²) in [4.78, 5) is 21.3. The Balaban J connectivity index is 1.83. The summed E-state index contributed by atoms with van der Waals surface area (Å²) in [7, 11) is 2.99. The number of nitrogens with zero attached hydrogens (tertiary/aromatic N) is 2. The Morgan fingerprint density at radius 3 is 2.41 bits per heavy atom. The normalized spacial score (nSPS) is 12.5. The van der Waals surface area contributed by atoms with E-state index in [0.717, 1.165) is 5.56 Å². The molecule has 0 saturated heterocycles. The Labute approximate surface area is 188 Å². The predicted molar refractivity (Wildman–Crippen MR) is 123 cm³/mol.